The summed E-state index contributed by atoms with van der Waals surface area (Å²) < 4.78 is 0. The van der Waals surface area contributed by atoms with Crippen molar-refractivity contribution in [3.63, 3.8) is 0 Å². The van der Waals surface area contributed by atoms with Gasteiger partial charge >= 0.3 is 11.9 Å². The quantitative estimate of drug-likeness (QED) is 0.0804. The molecule has 2 aliphatic rings. The van der Waals surface area contributed by atoms with Gasteiger partial charge in [0.15, 0.2) is 0 Å². The number of carbonyl (C=O) groups excluding carboxylic acids is 1. The molecular formula is C41H50N6O5. The standard InChI is InChI=1S/C41H50N6O5/c1-26(40(37(49)50)19-7-5-8-20-40)42-25-33-43-23-31(45-33)29-15-11-27(12-16-29)28-13-17-30(18-14-28)32-24-44-35(46-32)34(39(2,3)4)47-36(48)41(38(51)52)21-9-6-10-22-41/h11-18,23-24,34,42H,1,5-10,19-22,25H2,2-4H3,(H,43,45)(H,44,46)(H,47,48)(H,49,50)(H,51,52). The first kappa shape index (κ1) is 36.6. The van der Waals surface area contributed by atoms with Crippen LogP contribution in [0.2, 0.25) is 0 Å². The van der Waals surface area contributed by atoms with Crippen LogP contribution in [0.1, 0.15) is 103 Å². The predicted molar refractivity (Wildman–Crippen MR) is 200 cm³/mol. The molecule has 2 saturated carbocycles. The van der Waals surface area contributed by atoms with Crippen LogP contribution in [-0.2, 0) is 20.9 Å². The smallest absolute Gasteiger partial charge is 0.319 e. The molecule has 6 rings (SSSR count). The second-order valence-corrected chi connectivity index (χ2v) is 15.6. The summed E-state index contributed by atoms with van der Waals surface area (Å²) in [6.07, 6.45) is 10.7. The molecule has 0 spiro atoms. The SMILES string of the molecule is C=C(NCc1ncc(-c2ccc(-c3ccc(-c4cnc(C(NC(=O)C5(C(=O)O)CCCCC5)C(C)(C)C)[nH]4)cc3)cc2)[nH]1)C1(C(=O)O)CCCCC1. The van der Waals surface area contributed by atoms with Crippen LogP contribution in [0.15, 0.2) is 73.2 Å². The van der Waals surface area contributed by atoms with Gasteiger partial charge in [-0.15, -0.1) is 0 Å². The third kappa shape index (κ3) is 7.40. The molecule has 0 aliphatic heterocycles. The first-order valence-electron chi connectivity index (χ1n) is 18.3. The molecule has 2 aliphatic carbocycles. The molecule has 11 nitrogen and oxygen atoms in total. The zero-order valence-electron chi connectivity index (χ0n) is 30.3. The van der Waals surface area contributed by atoms with E-state index >= 15 is 0 Å². The van der Waals surface area contributed by atoms with Crippen LogP contribution in [0, 0.1) is 16.2 Å². The summed E-state index contributed by atoms with van der Waals surface area (Å²) in [5.41, 5.74) is 3.50. The summed E-state index contributed by atoms with van der Waals surface area (Å²) in [6, 6.07) is 15.9. The molecule has 1 amide bonds. The summed E-state index contributed by atoms with van der Waals surface area (Å²) in [5.74, 6) is -1.01. The molecule has 4 aromatic rings. The number of carboxylic acids is 2. The van der Waals surface area contributed by atoms with Gasteiger partial charge in [-0.1, -0.05) is 114 Å². The van der Waals surface area contributed by atoms with Gasteiger partial charge in [0.1, 0.15) is 22.5 Å². The Hall–Kier alpha value is -5.19. The Morgan fingerprint density at radius 3 is 1.69 bits per heavy atom. The number of aliphatic carboxylic acids is 2. The van der Waals surface area contributed by atoms with Crippen molar-refractivity contribution < 1.29 is 24.6 Å². The summed E-state index contributed by atoms with van der Waals surface area (Å²) in [4.78, 5) is 53.8. The van der Waals surface area contributed by atoms with Crippen molar-refractivity contribution in [2.24, 2.45) is 16.2 Å². The topological polar surface area (TPSA) is 173 Å². The highest BCUT2D eigenvalue weighted by Crippen LogP contribution is 2.42. The largest absolute Gasteiger partial charge is 0.481 e. The maximum atomic E-state index is 13.5. The van der Waals surface area contributed by atoms with Crippen LogP contribution < -0.4 is 10.6 Å². The van der Waals surface area contributed by atoms with E-state index in [1.165, 1.54) is 0 Å². The fourth-order valence-electron chi connectivity index (χ4n) is 7.73. The average Bonchev–Trinajstić information content (AvgIpc) is 3.83. The minimum atomic E-state index is -1.40. The van der Waals surface area contributed by atoms with Gasteiger partial charge in [0.2, 0.25) is 5.91 Å². The van der Waals surface area contributed by atoms with Crippen molar-refractivity contribution in [3.8, 4) is 33.6 Å². The number of benzene rings is 2. The Kier molecular flexibility index (Phi) is 10.4. The number of rotatable bonds is 12. The van der Waals surface area contributed by atoms with E-state index in [9.17, 15) is 24.6 Å². The lowest BCUT2D eigenvalue weighted by molar-refractivity contribution is -0.159. The van der Waals surface area contributed by atoms with Crippen molar-refractivity contribution in [2.75, 3.05) is 0 Å². The van der Waals surface area contributed by atoms with Crippen molar-refractivity contribution in [3.05, 3.63) is 84.8 Å². The Bertz CT molecular complexity index is 1910. The van der Waals surface area contributed by atoms with Gasteiger partial charge < -0.3 is 30.8 Å². The van der Waals surface area contributed by atoms with Crippen LogP contribution in [0.3, 0.4) is 0 Å². The second-order valence-electron chi connectivity index (χ2n) is 15.6. The minimum Gasteiger partial charge on any atom is -0.481 e. The molecule has 2 aromatic heterocycles. The summed E-state index contributed by atoms with van der Waals surface area (Å²) in [6.45, 7) is 10.5. The molecule has 11 heteroatoms. The number of hydrogen-bond donors (Lipinski definition) is 6. The number of nitrogens with one attached hydrogen (secondary N) is 4. The number of aromatic nitrogens is 4. The molecule has 274 valence electrons. The van der Waals surface area contributed by atoms with Gasteiger partial charge in [0.25, 0.3) is 0 Å². The summed E-state index contributed by atoms with van der Waals surface area (Å²) in [7, 11) is 0. The number of nitrogens with zero attached hydrogens (tertiary/aromatic N) is 2. The number of carboxylic acid groups (broad SMARTS) is 2. The number of H-pyrrole nitrogens is 2. The van der Waals surface area contributed by atoms with Crippen molar-refractivity contribution in [1.29, 1.82) is 0 Å². The van der Waals surface area contributed by atoms with Gasteiger partial charge in [0.05, 0.1) is 36.4 Å². The highest BCUT2D eigenvalue weighted by Gasteiger charge is 2.48. The summed E-state index contributed by atoms with van der Waals surface area (Å²) in [5, 5.41) is 26.3. The Morgan fingerprint density at radius 1 is 0.731 bits per heavy atom. The highest BCUT2D eigenvalue weighted by molar-refractivity contribution is 6.02. The molecule has 2 fully saturated rings. The van der Waals surface area contributed by atoms with E-state index in [0.717, 1.165) is 72.2 Å². The van der Waals surface area contributed by atoms with Gasteiger partial charge in [-0.25, -0.2) is 9.97 Å². The zero-order valence-corrected chi connectivity index (χ0v) is 30.3. The lowest BCUT2D eigenvalue weighted by Crippen LogP contribution is -2.50. The minimum absolute atomic E-state index is 0.347. The van der Waals surface area contributed by atoms with Crippen molar-refractivity contribution in [2.45, 2.75) is 97.6 Å². The van der Waals surface area contributed by atoms with E-state index in [-0.39, 0.29) is 0 Å². The van der Waals surface area contributed by atoms with Crippen LogP contribution >= 0.6 is 0 Å². The molecule has 0 bridgehead atoms. The third-order valence-corrected chi connectivity index (χ3v) is 11.1. The molecule has 0 saturated heterocycles. The average molecular weight is 707 g/mol. The van der Waals surface area contributed by atoms with Crippen LogP contribution in [0.25, 0.3) is 33.6 Å². The van der Waals surface area contributed by atoms with Crippen LogP contribution in [-0.4, -0.2) is 48.0 Å². The van der Waals surface area contributed by atoms with E-state index in [0.29, 0.717) is 49.6 Å². The molecule has 52 heavy (non-hydrogen) atoms. The van der Waals surface area contributed by atoms with Crippen molar-refractivity contribution >= 4 is 17.8 Å². The lowest BCUT2D eigenvalue weighted by Gasteiger charge is -2.36. The fourth-order valence-corrected chi connectivity index (χ4v) is 7.73. The maximum Gasteiger partial charge on any atom is 0.319 e. The van der Waals surface area contributed by atoms with Gasteiger partial charge in [0, 0.05) is 5.70 Å². The number of amides is 1. The van der Waals surface area contributed by atoms with Crippen LogP contribution in [0.4, 0.5) is 0 Å². The van der Waals surface area contributed by atoms with E-state index in [4.69, 9.17) is 0 Å². The highest BCUT2D eigenvalue weighted by atomic mass is 16.4. The first-order valence-corrected chi connectivity index (χ1v) is 18.3. The first-order chi connectivity index (χ1) is 24.8. The molecule has 2 aromatic carbocycles. The summed E-state index contributed by atoms with van der Waals surface area (Å²) >= 11 is 0. The molecule has 2 heterocycles. The normalized spacial score (nSPS) is 17.5. The van der Waals surface area contributed by atoms with E-state index in [1.54, 1.807) is 12.4 Å². The fraction of sp³-hybridized carbons (Fsp3) is 0.439. The second kappa shape index (κ2) is 14.8. The molecular weight excluding hydrogens is 656 g/mol. The zero-order chi connectivity index (χ0) is 37.1. The molecule has 1 atom stereocenters. The van der Waals surface area contributed by atoms with Crippen LogP contribution in [0.5, 0.6) is 0 Å². The maximum absolute atomic E-state index is 13.5. The monoisotopic (exact) mass is 706 g/mol. The Labute approximate surface area is 304 Å². The van der Waals surface area contributed by atoms with E-state index < -0.39 is 40.1 Å². The Balaban J connectivity index is 1.10. The predicted octanol–water partition coefficient (Wildman–Crippen LogP) is 8.01. The third-order valence-electron chi connectivity index (χ3n) is 11.1. The van der Waals surface area contributed by atoms with E-state index in [2.05, 4.69) is 61.4 Å². The lowest BCUT2D eigenvalue weighted by atomic mass is 9.72. The van der Waals surface area contributed by atoms with Gasteiger partial charge in [-0.05, 0) is 53.4 Å². The van der Waals surface area contributed by atoms with Gasteiger partial charge in [-0.2, -0.15) is 0 Å². The molecule has 6 N–H and O–H groups in total. The number of aromatic amines is 2. The number of hydrogen-bond acceptors (Lipinski definition) is 6. The molecule has 0 radical (unpaired) electrons. The van der Waals surface area contributed by atoms with E-state index in [1.807, 2.05) is 45.0 Å². The van der Waals surface area contributed by atoms with Gasteiger partial charge in [-0.3, -0.25) is 14.4 Å². The number of imidazole rings is 2. The van der Waals surface area contributed by atoms with Crippen molar-refractivity contribution in [1.82, 2.24) is 30.6 Å². The Morgan fingerprint density at radius 2 is 1.19 bits per heavy atom. The molecule has 1 unspecified atom stereocenters. The number of carbonyl (C=O) groups is 3.